The second-order valence-corrected chi connectivity index (χ2v) is 7.16. The second-order valence-electron chi connectivity index (χ2n) is 7.16. The summed E-state index contributed by atoms with van der Waals surface area (Å²) in [4.78, 5) is 0. The molecule has 0 saturated heterocycles. The SMILES string of the molecule is CCCCCC/C=C\CCCCCCCCOc1ccccc1CCO. The number of para-hydroxylation sites is 1. The predicted octanol–water partition coefficient (Wildman–Crippen LogP) is 6.86. The Morgan fingerprint density at radius 2 is 1.42 bits per heavy atom. The van der Waals surface area contributed by atoms with E-state index in [1.807, 2.05) is 24.3 Å². The molecule has 2 nitrogen and oxygen atoms in total. The Labute approximate surface area is 161 Å². The zero-order valence-electron chi connectivity index (χ0n) is 16.9. The third kappa shape index (κ3) is 12.1. The number of aliphatic hydroxyl groups excluding tert-OH is 1. The van der Waals surface area contributed by atoms with Crippen molar-refractivity contribution in [1.82, 2.24) is 0 Å². The van der Waals surface area contributed by atoms with Crippen molar-refractivity contribution in [3.05, 3.63) is 42.0 Å². The molecule has 0 heterocycles. The maximum atomic E-state index is 9.09. The number of ether oxygens (including phenoxy) is 1. The van der Waals surface area contributed by atoms with Gasteiger partial charge in [-0.05, 0) is 50.2 Å². The zero-order valence-corrected chi connectivity index (χ0v) is 16.9. The normalized spacial score (nSPS) is 11.3. The molecular weight excluding hydrogens is 320 g/mol. The Morgan fingerprint density at radius 3 is 2.12 bits per heavy atom. The molecule has 0 aliphatic carbocycles. The summed E-state index contributed by atoms with van der Waals surface area (Å²) in [6, 6.07) is 8.03. The number of rotatable bonds is 17. The molecule has 0 spiro atoms. The van der Waals surface area contributed by atoms with Crippen molar-refractivity contribution in [2.75, 3.05) is 13.2 Å². The lowest BCUT2D eigenvalue weighted by Gasteiger charge is -2.10. The van der Waals surface area contributed by atoms with Crippen LogP contribution in [0.25, 0.3) is 0 Å². The van der Waals surface area contributed by atoms with Crippen LogP contribution in [0, 0.1) is 0 Å². The standard InChI is InChI=1S/C24H40O2/c1-2-3-4-5-6-7-8-9-10-11-12-13-14-17-22-26-24-19-16-15-18-23(24)20-21-25/h7-8,15-16,18-19,25H,2-6,9-14,17,20-22H2,1H3/b8-7-. The van der Waals surface area contributed by atoms with Crippen LogP contribution in [0.2, 0.25) is 0 Å². The van der Waals surface area contributed by atoms with E-state index in [-0.39, 0.29) is 6.61 Å². The first-order valence-electron chi connectivity index (χ1n) is 10.8. The highest BCUT2D eigenvalue weighted by molar-refractivity contribution is 5.33. The van der Waals surface area contributed by atoms with Crippen LogP contribution >= 0.6 is 0 Å². The predicted molar refractivity (Wildman–Crippen MR) is 113 cm³/mol. The van der Waals surface area contributed by atoms with Gasteiger partial charge in [-0.2, -0.15) is 0 Å². The second kappa shape index (κ2) is 17.1. The molecule has 0 unspecified atom stereocenters. The Balaban J connectivity index is 1.90. The van der Waals surface area contributed by atoms with Gasteiger partial charge in [0.15, 0.2) is 0 Å². The van der Waals surface area contributed by atoms with Crippen LogP contribution in [0.4, 0.5) is 0 Å². The van der Waals surface area contributed by atoms with Gasteiger partial charge in [0, 0.05) is 6.61 Å². The minimum absolute atomic E-state index is 0.175. The van der Waals surface area contributed by atoms with Gasteiger partial charge in [-0.15, -0.1) is 0 Å². The van der Waals surface area contributed by atoms with Crippen LogP contribution in [0.5, 0.6) is 5.75 Å². The van der Waals surface area contributed by atoms with Crippen LogP contribution in [-0.4, -0.2) is 18.3 Å². The number of aliphatic hydroxyl groups is 1. The summed E-state index contributed by atoms with van der Waals surface area (Å²) in [5.74, 6) is 0.933. The third-order valence-corrected chi connectivity index (χ3v) is 4.77. The molecule has 0 bridgehead atoms. The topological polar surface area (TPSA) is 29.5 Å². The summed E-state index contributed by atoms with van der Waals surface area (Å²) in [5, 5.41) is 9.09. The quantitative estimate of drug-likeness (QED) is 0.243. The highest BCUT2D eigenvalue weighted by Gasteiger charge is 2.01. The molecule has 2 heteroatoms. The fourth-order valence-corrected chi connectivity index (χ4v) is 3.15. The molecule has 0 amide bonds. The van der Waals surface area contributed by atoms with Gasteiger partial charge in [0.25, 0.3) is 0 Å². The molecule has 1 N–H and O–H groups in total. The molecule has 148 valence electrons. The summed E-state index contributed by atoms with van der Waals surface area (Å²) in [6.45, 7) is 3.22. The van der Waals surface area contributed by atoms with E-state index in [0.29, 0.717) is 6.42 Å². The Morgan fingerprint density at radius 1 is 0.808 bits per heavy atom. The smallest absolute Gasteiger partial charge is 0.122 e. The van der Waals surface area contributed by atoms with Gasteiger partial charge in [-0.25, -0.2) is 0 Å². The number of unbranched alkanes of at least 4 members (excludes halogenated alkanes) is 10. The van der Waals surface area contributed by atoms with Gasteiger partial charge in [0.1, 0.15) is 5.75 Å². The molecule has 26 heavy (non-hydrogen) atoms. The van der Waals surface area contributed by atoms with E-state index in [2.05, 4.69) is 19.1 Å². The first-order chi connectivity index (χ1) is 12.9. The Kier molecular flexibility index (Phi) is 15.0. The molecule has 0 atom stereocenters. The van der Waals surface area contributed by atoms with Crippen molar-refractivity contribution in [3.63, 3.8) is 0 Å². The van der Waals surface area contributed by atoms with Crippen molar-refractivity contribution in [1.29, 1.82) is 0 Å². The van der Waals surface area contributed by atoms with E-state index >= 15 is 0 Å². The molecule has 1 aromatic carbocycles. The monoisotopic (exact) mass is 360 g/mol. The first-order valence-corrected chi connectivity index (χ1v) is 10.8. The number of benzene rings is 1. The molecule has 0 aliphatic rings. The third-order valence-electron chi connectivity index (χ3n) is 4.77. The van der Waals surface area contributed by atoms with Crippen molar-refractivity contribution >= 4 is 0 Å². The number of hydrogen-bond acceptors (Lipinski definition) is 2. The molecule has 0 aliphatic heterocycles. The lowest BCUT2D eigenvalue weighted by atomic mass is 10.1. The fraction of sp³-hybridized carbons (Fsp3) is 0.667. The summed E-state index contributed by atoms with van der Waals surface area (Å²) >= 11 is 0. The zero-order chi connectivity index (χ0) is 18.7. The lowest BCUT2D eigenvalue weighted by Crippen LogP contribution is -2.01. The van der Waals surface area contributed by atoms with Gasteiger partial charge < -0.3 is 9.84 Å². The lowest BCUT2D eigenvalue weighted by molar-refractivity contribution is 0.284. The molecule has 1 aromatic rings. The molecule has 0 aromatic heterocycles. The van der Waals surface area contributed by atoms with Crippen LogP contribution in [0.15, 0.2) is 36.4 Å². The van der Waals surface area contributed by atoms with E-state index in [1.165, 1.54) is 70.6 Å². The minimum atomic E-state index is 0.175. The van der Waals surface area contributed by atoms with Gasteiger partial charge in [0.05, 0.1) is 6.61 Å². The Bertz CT molecular complexity index is 453. The first kappa shape index (κ1) is 22.8. The van der Waals surface area contributed by atoms with Gasteiger partial charge in [-0.3, -0.25) is 0 Å². The van der Waals surface area contributed by atoms with E-state index in [4.69, 9.17) is 9.84 Å². The summed E-state index contributed by atoms with van der Waals surface area (Å²) in [5.41, 5.74) is 1.11. The van der Waals surface area contributed by atoms with Gasteiger partial charge in [-0.1, -0.05) is 82.2 Å². The minimum Gasteiger partial charge on any atom is -0.493 e. The molecule has 0 saturated carbocycles. The van der Waals surface area contributed by atoms with Crippen molar-refractivity contribution < 1.29 is 9.84 Å². The average Bonchev–Trinajstić information content (AvgIpc) is 2.66. The van der Waals surface area contributed by atoms with E-state index in [9.17, 15) is 0 Å². The van der Waals surface area contributed by atoms with E-state index < -0.39 is 0 Å². The largest absolute Gasteiger partial charge is 0.493 e. The van der Waals surface area contributed by atoms with E-state index in [0.717, 1.165) is 24.3 Å². The maximum absolute atomic E-state index is 9.09. The summed E-state index contributed by atoms with van der Waals surface area (Å²) in [7, 11) is 0. The van der Waals surface area contributed by atoms with Gasteiger partial charge in [0.2, 0.25) is 0 Å². The van der Waals surface area contributed by atoms with E-state index in [1.54, 1.807) is 0 Å². The average molecular weight is 361 g/mol. The van der Waals surface area contributed by atoms with Crippen LogP contribution in [0.3, 0.4) is 0 Å². The summed E-state index contributed by atoms with van der Waals surface area (Å²) in [6.07, 6.45) is 21.1. The number of allylic oxidation sites excluding steroid dienone is 2. The van der Waals surface area contributed by atoms with Crippen molar-refractivity contribution in [2.45, 2.75) is 90.4 Å². The van der Waals surface area contributed by atoms with Crippen LogP contribution in [0.1, 0.15) is 89.5 Å². The summed E-state index contributed by atoms with van der Waals surface area (Å²) < 4.78 is 5.88. The van der Waals surface area contributed by atoms with Crippen molar-refractivity contribution in [2.24, 2.45) is 0 Å². The highest BCUT2D eigenvalue weighted by Crippen LogP contribution is 2.19. The fourth-order valence-electron chi connectivity index (χ4n) is 3.15. The van der Waals surface area contributed by atoms with Crippen LogP contribution < -0.4 is 4.74 Å². The number of hydrogen-bond donors (Lipinski definition) is 1. The molecule has 1 rings (SSSR count). The molecular formula is C24H40O2. The van der Waals surface area contributed by atoms with Crippen molar-refractivity contribution in [3.8, 4) is 5.75 Å². The maximum Gasteiger partial charge on any atom is 0.122 e. The van der Waals surface area contributed by atoms with Crippen LogP contribution in [-0.2, 0) is 6.42 Å². The molecule has 0 radical (unpaired) electrons. The Hall–Kier alpha value is -1.28. The molecule has 0 fully saturated rings. The van der Waals surface area contributed by atoms with Gasteiger partial charge >= 0.3 is 0 Å². The highest BCUT2D eigenvalue weighted by atomic mass is 16.5.